The predicted molar refractivity (Wildman–Crippen MR) is 166 cm³/mol. The minimum absolute atomic E-state index is 1.12. The van der Waals surface area contributed by atoms with Crippen LogP contribution in [0.3, 0.4) is 0 Å². The number of rotatable bonds is 5. The molecule has 186 valence electrons. The van der Waals surface area contributed by atoms with E-state index in [2.05, 4.69) is 168 Å². The van der Waals surface area contributed by atoms with Gasteiger partial charge < -0.3 is 9.47 Å². The van der Waals surface area contributed by atoms with E-state index < -0.39 is 0 Å². The molecule has 0 aliphatic rings. The SMILES string of the molecule is Cc1cc(-c2ccccc2)cc(N(c2ccccc2)c2ccc(-n3c4ccccc4c4ccccc43)cc2)c1. The smallest absolute Gasteiger partial charge is 0.0541 e. The highest BCUT2D eigenvalue weighted by Crippen LogP contribution is 2.38. The molecule has 0 aliphatic heterocycles. The van der Waals surface area contributed by atoms with Crippen LogP contribution in [0.1, 0.15) is 5.56 Å². The van der Waals surface area contributed by atoms with Crippen molar-refractivity contribution in [3.05, 3.63) is 157 Å². The van der Waals surface area contributed by atoms with Crippen molar-refractivity contribution in [1.29, 1.82) is 0 Å². The normalized spacial score (nSPS) is 11.2. The fourth-order valence-electron chi connectivity index (χ4n) is 5.66. The molecule has 0 atom stereocenters. The monoisotopic (exact) mass is 500 g/mol. The third kappa shape index (κ3) is 4.17. The molecule has 0 amide bonds. The molecule has 1 aromatic heterocycles. The van der Waals surface area contributed by atoms with Gasteiger partial charge >= 0.3 is 0 Å². The summed E-state index contributed by atoms with van der Waals surface area (Å²) in [5, 5.41) is 2.55. The van der Waals surface area contributed by atoms with Crippen LogP contribution in [0.5, 0.6) is 0 Å². The molecule has 2 heteroatoms. The minimum Gasteiger partial charge on any atom is -0.310 e. The topological polar surface area (TPSA) is 8.17 Å². The van der Waals surface area contributed by atoms with Gasteiger partial charge in [-0.05, 0) is 84.3 Å². The zero-order valence-electron chi connectivity index (χ0n) is 21.8. The first-order valence-corrected chi connectivity index (χ1v) is 13.4. The van der Waals surface area contributed by atoms with Crippen LogP contribution in [0.25, 0.3) is 38.6 Å². The number of aromatic nitrogens is 1. The molecule has 0 bridgehead atoms. The molecule has 6 aromatic carbocycles. The number of hydrogen-bond donors (Lipinski definition) is 0. The Morgan fingerprint density at radius 1 is 0.436 bits per heavy atom. The molecule has 39 heavy (non-hydrogen) atoms. The lowest BCUT2D eigenvalue weighted by molar-refractivity contribution is 1.17. The highest BCUT2D eigenvalue weighted by atomic mass is 15.1. The van der Waals surface area contributed by atoms with Crippen molar-refractivity contribution < 1.29 is 0 Å². The van der Waals surface area contributed by atoms with Gasteiger partial charge in [-0.2, -0.15) is 0 Å². The molecule has 7 aromatic rings. The second-order valence-corrected chi connectivity index (χ2v) is 9.98. The second-order valence-electron chi connectivity index (χ2n) is 9.98. The zero-order chi connectivity index (χ0) is 26.2. The van der Waals surface area contributed by atoms with Crippen LogP contribution < -0.4 is 4.90 Å². The molecule has 0 aliphatic carbocycles. The fourth-order valence-corrected chi connectivity index (χ4v) is 5.66. The van der Waals surface area contributed by atoms with Gasteiger partial charge in [-0.15, -0.1) is 0 Å². The number of anilines is 3. The van der Waals surface area contributed by atoms with Crippen molar-refractivity contribution in [1.82, 2.24) is 4.57 Å². The van der Waals surface area contributed by atoms with Crippen molar-refractivity contribution in [2.24, 2.45) is 0 Å². The maximum atomic E-state index is 2.36. The van der Waals surface area contributed by atoms with E-state index in [4.69, 9.17) is 0 Å². The maximum Gasteiger partial charge on any atom is 0.0541 e. The van der Waals surface area contributed by atoms with Crippen molar-refractivity contribution in [3.63, 3.8) is 0 Å². The third-order valence-corrected chi connectivity index (χ3v) is 7.39. The average molecular weight is 501 g/mol. The standard InChI is InChI=1S/C37H28N2/c1-27-24-29(28-12-4-2-5-13-28)26-33(25-27)38(30-14-6-3-7-15-30)31-20-22-32(23-21-31)39-36-18-10-8-16-34(36)35-17-9-11-19-37(35)39/h2-26H,1H3. The lowest BCUT2D eigenvalue weighted by atomic mass is 10.0. The summed E-state index contributed by atoms with van der Waals surface area (Å²) < 4.78 is 2.36. The summed E-state index contributed by atoms with van der Waals surface area (Å²) in [5.41, 5.74) is 10.7. The summed E-state index contributed by atoms with van der Waals surface area (Å²) >= 11 is 0. The predicted octanol–water partition coefficient (Wildman–Crippen LogP) is 10.2. The summed E-state index contributed by atoms with van der Waals surface area (Å²) in [7, 11) is 0. The van der Waals surface area contributed by atoms with E-state index in [1.807, 2.05) is 0 Å². The third-order valence-electron chi connectivity index (χ3n) is 7.39. The van der Waals surface area contributed by atoms with Crippen LogP contribution in [-0.4, -0.2) is 4.57 Å². The molecular weight excluding hydrogens is 472 g/mol. The Kier molecular flexibility index (Phi) is 5.71. The van der Waals surface area contributed by atoms with Gasteiger partial charge in [0, 0.05) is 33.5 Å². The van der Waals surface area contributed by atoms with Gasteiger partial charge in [0.15, 0.2) is 0 Å². The first-order valence-electron chi connectivity index (χ1n) is 13.4. The molecule has 0 spiro atoms. The van der Waals surface area contributed by atoms with Crippen LogP contribution in [-0.2, 0) is 0 Å². The van der Waals surface area contributed by atoms with E-state index in [9.17, 15) is 0 Å². The van der Waals surface area contributed by atoms with E-state index >= 15 is 0 Å². The quantitative estimate of drug-likeness (QED) is 0.228. The van der Waals surface area contributed by atoms with Gasteiger partial charge in [-0.25, -0.2) is 0 Å². The zero-order valence-corrected chi connectivity index (χ0v) is 21.8. The van der Waals surface area contributed by atoms with Crippen LogP contribution in [0.15, 0.2) is 152 Å². The average Bonchev–Trinajstić information content (AvgIpc) is 3.33. The highest BCUT2D eigenvalue weighted by Gasteiger charge is 2.16. The Labute approximate surface area is 229 Å². The molecule has 0 N–H and O–H groups in total. The molecule has 0 saturated heterocycles. The van der Waals surface area contributed by atoms with E-state index in [1.165, 1.54) is 38.5 Å². The Hall–Kier alpha value is -5.08. The minimum atomic E-state index is 1.12. The van der Waals surface area contributed by atoms with E-state index in [-0.39, 0.29) is 0 Å². The first-order chi connectivity index (χ1) is 19.3. The number of nitrogens with zero attached hydrogens (tertiary/aromatic N) is 2. The fraction of sp³-hybridized carbons (Fsp3) is 0.0270. The van der Waals surface area contributed by atoms with Crippen molar-refractivity contribution in [2.45, 2.75) is 6.92 Å². The first kappa shape index (κ1) is 23.1. The number of fused-ring (bicyclic) bond motifs is 3. The Morgan fingerprint density at radius 2 is 0.974 bits per heavy atom. The number of para-hydroxylation sites is 3. The highest BCUT2D eigenvalue weighted by molar-refractivity contribution is 6.09. The molecule has 0 saturated carbocycles. The molecular formula is C37H28N2. The van der Waals surface area contributed by atoms with E-state index in [0.29, 0.717) is 0 Å². The van der Waals surface area contributed by atoms with Gasteiger partial charge in [0.1, 0.15) is 0 Å². The van der Waals surface area contributed by atoms with Crippen LogP contribution in [0, 0.1) is 6.92 Å². The lowest BCUT2D eigenvalue weighted by Gasteiger charge is -2.27. The molecule has 1 heterocycles. The van der Waals surface area contributed by atoms with Crippen molar-refractivity contribution in [3.8, 4) is 16.8 Å². The van der Waals surface area contributed by atoms with Gasteiger partial charge in [0.25, 0.3) is 0 Å². The summed E-state index contributed by atoms with van der Waals surface area (Å²) in [6.45, 7) is 2.17. The summed E-state index contributed by atoms with van der Waals surface area (Å²) in [6, 6.07) is 54.3. The number of aryl methyl sites for hydroxylation is 1. The molecule has 0 fully saturated rings. The van der Waals surface area contributed by atoms with Gasteiger partial charge in [-0.3, -0.25) is 0 Å². The molecule has 0 radical (unpaired) electrons. The van der Waals surface area contributed by atoms with E-state index in [1.54, 1.807) is 0 Å². The van der Waals surface area contributed by atoms with Crippen molar-refractivity contribution in [2.75, 3.05) is 4.90 Å². The summed E-state index contributed by atoms with van der Waals surface area (Å²) in [5.74, 6) is 0. The lowest BCUT2D eigenvalue weighted by Crippen LogP contribution is -2.10. The molecule has 2 nitrogen and oxygen atoms in total. The Balaban J connectivity index is 1.37. The van der Waals surface area contributed by atoms with E-state index in [0.717, 1.165) is 22.7 Å². The Morgan fingerprint density at radius 3 is 1.62 bits per heavy atom. The van der Waals surface area contributed by atoms with Gasteiger partial charge in [-0.1, -0.05) is 91.0 Å². The maximum absolute atomic E-state index is 2.36. The van der Waals surface area contributed by atoms with Crippen LogP contribution in [0.4, 0.5) is 17.1 Å². The van der Waals surface area contributed by atoms with Crippen LogP contribution >= 0.6 is 0 Å². The molecule has 0 unspecified atom stereocenters. The summed E-state index contributed by atoms with van der Waals surface area (Å²) in [6.07, 6.45) is 0. The van der Waals surface area contributed by atoms with Gasteiger partial charge in [0.2, 0.25) is 0 Å². The van der Waals surface area contributed by atoms with Crippen molar-refractivity contribution >= 4 is 38.9 Å². The largest absolute Gasteiger partial charge is 0.310 e. The van der Waals surface area contributed by atoms with Crippen LogP contribution in [0.2, 0.25) is 0 Å². The molecule has 7 rings (SSSR count). The second kappa shape index (κ2) is 9.66. The van der Waals surface area contributed by atoms with Gasteiger partial charge in [0.05, 0.1) is 11.0 Å². The number of benzene rings is 6. The Bertz CT molecular complexity index is 1850. The summed E-state index contributed by atoms with van der Waals surface area (Å²) in [4.78, 5) is 2.34. The number of hydrogen-bond acceptors (Lipinski definition) is 1.